The van der Waals surface area contributed by atoms with Gasteiger partial charge in [-0.05, 0) is 184 Å². The van der Waals surface area contributed by atoms with Gasteiger partial charge in [0.25, 0.3) is 0 Å². The Kier molecular flexibility index (Phi) is 12.9. The Morgan fingerprint density at radius 1 is 0.241 bits per heavy atom. The van der Waals surface area contributed by atoms with Crippen LogP contribution < -0.4 is 9.80 Å². The van der Waals surface area contributed by atoms with Crippen LogP contribution in [0.4, 0.5) is 34.1 Å². The summed E-state index contributed by atoms with van der Waals surface area (Å²) in [5.74, 6) is 0. The second-order valence-electron chi connectivity index (χ2n) is 25.1. The van der Waals surface area contributed by atoms with E-state index in [0.717, 1.165) is 34.1 Å². The third kappa shape index (κ3) is 9.32. The minimum absolute atomic E-state index is 0.167. The van der Waals surface area contributed by atoms with Crippen molar-refractivity contribution in [2.24, 2.45) is 0 Å². The van der Waals surface area contributed by atoms with Crippen molar-refractivity contribution >= 4 is 58.4 Å². The van der Waals surface area contributed by atoms with Crippen molar-refractivity contribution in [2.75, 3.05) is 9.80 Å². The van der Waals surface area contributed by atoms with E-state index in [1.165, 1.54) is 111 Å². The molecule has 4 nitrogen and oxygen atoms in total. The number of nitrogens with zero attached hydrogens (tertiary/aromatic N) is 4. The molecule has 4 heteroatoms. The smallest absolute Gasteiger partial charge is 0.0492 e. The average Bonchev–Trinajstić information content (AvgIpc) is 1.66. The number of hydrogen-bond donors (Lipinski definition) is 0. The van der Waals surface area contributed by atoms with Crippen LogP contribution in [0.5, 0.6) is 0 Å². The van der Waals surface area contributed by atoms with Crippen molar-refractivity contribution < 1.29 is 0 Å². The Hall–Kier alpha value is -10.4. The lowest BCUT2D eigenvalue weighted by Crippen LogP contribution is -2.16. The maximum atomic E-state index is 4.36. The van der Waals surface area contributed by atoms with Crippen molar-refractivity contribution in [3.05, 3.63) is 323 Å². The number of fused-ring (bicyclic) bond motifs is 9. The normalized spacial score (nSPS) is 14.3. The van der Waals surface area contributed by atoms with E-state index in [9.17, 15) is 0 Å². The van der Waals surface area contributed by atoms with Crippen LogP contribution >= 0.6 is 0 Å². The molecule has 12 aromatic rings. The van der Waals surface area contributed by atoms with Crippen LogP contribution in [0, 0.1) is 0 Å². The molecular weight excluding hydrogens is 1050 g/mol. The second kappa shape index (κ2) is 21.0. The summed E-state index contributed by atoms with van der Waals surface area (Å²) in [5, 5.41) is 0. The fourth-order valence-corrected chi connectivity index (χ4v) is 14.1. The molecule has 0 bridgehead atoms. The molecule has 2 heterocycles. The first-order valence-corrected chi connectivity index (χ1v) is 30.3. The number of pyridine rings is 2. The van der Waals surface area contributed by atoms with Crippen LogP contribution in [-0.4, -0.2) is 9.97 Å². The predicted molar refractivity (Wildman–Crippen MR) is 366 cm³/mol. The molecule has 3 aliphatic rings. The highest BCUT2D eigenvalue weighted by molar-refractivity contribution is 5.91. The summed E-state index contributed by atoms with van der Waals surface area (Å²) in [6, 6.07) is 89.3. The highest BCUT2D eigenvalue weighted by atomic mass is 15.1. The molecule has 0 fully saturated rings. The van der Waals surface area contributed by atoms with Gasteiger partial charge in [0.15, 0.2) is 0 Å². The minimum atomic E-state index is -0.206. The molecule has 0 N–H and O–H groups in total. The van der Waals surface area contributed by atoms with Gasteiger partial charge in [0.05, 0.1) is 0 Å². The topological polar surface area (TPSA) is 32.3 Å². The summed E-state index contributed by atoms with van der Waals surface area (Å²) < 4.78 is 0. The van der Waals surface area contributed by atoms with E-state index < -0.39 is 0 Å². The fourth-order valence-electron chi connectivity index (χ4n) is 14.1. The molecule has 0 spiro atoms. The first-order valence-electron chi connectivity index (χ1n) is 30.3. The van der Waals surface area contributed by atoms with Gasteiger partial charge in [-0.2, -0.15) is 0 Å². The molecule has 3 aliphatic carbocycles. The van der Waals surface area contributed by atoms with E-state index in [1.54, 1.807) is 0 Å². The van der Waals surface area contributed by atoms with Gasteiger partial charge >= 0.3 is 0 Å². The summed E-state index contributed by atoms with van der Waals surface area (Å²) >= 11 is 0. The molecule has 418 valence electrons. The van der Waals surface area contributed by atoms with Gasteiger partial charge in [0, 0.05) is 75.2 Å². The van der Waals surface area contributed by atoms with Crippen molar-refractivity contribution in [1.82, 2.24) is 9.97 Å². The molecule has 0 aliphatic heterocycles. The third-order valence-electron chi connectivity index (χ3n) is 18.9. The van der Waals surface area contributed by atoms with E-state index in [2.05, 4.69) is 328 Å². The lowest BCUT2D eigenvalue weighted by atomic mass is 9.81. The fraction of sp³-hybridized carbons (Fsp3) is 0.108. The Morgan fingerprint density at radius 3 is 0.782 bits per heavy atom. The van der Waals surface area contributed by atoms with E-state index in [1.807, 2.05) is 24.8 Å². The van der Waals surface area contributed by atoms with Crippen molar-refractivity contribution in [1.29, 1.82) is 0 Å². The first-order chi connectivity index (χ1) is 42.4. The molecule has 0 saturated heterocycles. The van der Waals surface area contributed by atoms with Crippen LogP contribution in [0.25, 0.3) is 79.9 Å². The van der Waals surface area contributed by atoms with E-state index in [0.29, 0.717) is 0 Å². The van der Waals surface area contributed by atoms with E-state index in [4.69, 9.17) is 0 Å². The van der Waals surface area contributed by atoms with Crippen LogP contribution in [0.3, 0.4) is 0 Å². The zero-order valence-electron chi connectivity index (χ0n) is 50.0. The van der Waals surface area contributed by atoms with E-state index in [-0.39, 0.29) is 16.2 Å². The molecule has 15 rings (SSSR count). The summed E-state index contributed by atoms with van der Waals surface area (Å²) in [7, 11) is 0. The van der Waals surface area contributed by atoms with Crippen molar-refractivity contribution in [2.45, 2.75) is 57.8 Å². The average molecular weight is 1120 g/mol. The lowest BCUT2D eigenvalue weighted by Gasteiger charge is -2.28. The third-order valence-corrected chi connectivity index (χ3v) is 18.9. The first kappa shape index (κ1) is 53.3. The number of rotatable bonds is 12. The minimum Gasteiger partial charge on any atom is -0.310 e. The van der Waals surface area contributed by atoms with Gasteiger partial charge in [0.2, 0.25) is 0 Å². The highest BCUT2D eigenvalue weighted by Gasteiger charge is 2.39. The largest absolute Gasteiger partial charge is 0.310 e. The summed E-state index contributed by atoms with van der Waals surface area (Å²) in [6.45, 7) is 14.2. The summed E-state index contributed by atoms with van der Waals surface area (Å²) in [5.41, 5.74) is 31.5. The maximum Gasteiger partial charge on any atom is 0.0492 e. The van der Waals surface area contributed by atoms with Gasteiger partial charge < -0.3 is 9.80 Å². The number of aromatic nitrogens is 2. The van der Waals surface area contributed by atoms with Crippen molar-refractivity contribution in [3.8, 4) is 55.6 Å². The molecule has 10 aromatic carbocycles. The highest BCUT2D eigenvalue weighted by Crippen LogP contribution is 2.54. The lowest BCUT2D eigenvalue weighted by molar-refractivity contribution is 0.660. The number of benzene rings is 10. The van der Waals surface area contributed by atoms with E-state index >= 15 is 0 Å². The van der Waals surface area contributed by atoms with Gasteiger partial charge in [-0.15, -0.1) is 0 Å². The molecule has 0 atom stereocenters. The monoisotopic (exact) mass is 1120 g/mol. The molecule has 2 aromatic heterocycles. The van der Waals surface area contributed by atoms with Gasteiger partial charge in [-0.1, -0.05) is 236 Å². The number of hydrogen-bond acceptors (Lipinski definition) is 4. The summed E-state index contributed by atoms with van der Waals surface area (Å²) in [6.07, 6.45) is 16.6. The van der Waals surface area contributed by atoms with Crippen molar-refractivity contribution in [3.63, 3.8) is 0 Å². The SMILES string of the molecule is CC1(C)c2cc(/C=C/c3ccc4c(c3)C(C)(C)c3cc(N(c5ccncc5)c5ccc(-c6ccccc6)cc5)ccc3-4)ccc2-c2ccc(/C=C/c3ccc4c(c3)C(C)(C)c3cc(N(c5ccncc5)c5ccc(-c6ccccc6)cc5)ccc3-4)cc21. The number of anilines is 6. The van der Waals surface area contributed by atoms with Gasteiger partial charge in [-0.3, -0.25) is 9.97 Å². The molecule has 87 heavy (non-hydrogen) atoms. The van der Waals surface area contributed by atoms with Gasteiger partial charge in [0.1, 0.15) is 0 Å². The van der Waals surface area contributed by atoms with Crippen LogP contribution in [0.2, 0.25) is 0 Å². The quantitative estimate of drug-likeness (QED) is 0.114. The van der Waals surface area contributed by atoms with Crippen LogP contribution in [0.15, 0.2) is 267 Å². The Balaban J connectivity index is 0.653. The second-order valence-corrected chi connectivity index (χ2v) is 25.1. The molecule has 0 unspecified atom stereocenters. The standard InChI is InChI=1S/C83H66N4/c1-81(2)75-49-55(17-19-57-23-37-71-73-39-33-67(53-79(73)82(3,4)77(71)51-57)86(65-41-45-84-46-42-65)63-29-25-61(26-30-63)59-13-9-7-10-14-59)21-35-69(75)70-36-22-56(50-76(70)81)18-20-58-24-38-72-74-40-34-68(54-80(74)83(5,6)78(72)52-58)87(66-43-47-85-48-44-66)64-31-27-62(28-32-64)60-15-11-8-12-16-60/h7-54H,1-6H3/b19-17+,20-18+. The van der Waals surface area contributed by atoms with Gasteiger partial charge in [-0.25, -0.2) is 0 Å². The molecule has 0 radical (unpaired) electrons. The maximum absolute atomic E-state index is 4.36. The summed E-state index contributed by atoms with van der Waals surface area (Å²) in [4.78, 5) is 13.4. The molecular formula is C83H66N4. The predicted octanol–water partition coefficient (Wildman–Crippen LogP) is 22.0. The zero-order valence-corrected chi connectivity index (χ0v) is 50.0. The van der Waals surface area contributed by atoms with Crippen LogP contribution in [0.1, 0.15) is 97.2 Å². The molecule has 0 amide bonds. The Bertz CT molecular complexity index is 4370. The zero-order chi connectivity index (χ0) is 59.0. The Labute approximate surface area is 511 Å². The Morgan fingerprint density at radius 2 is 0.483 bits per heavy atom. The van der Waals surface area contributed by atoms with Crippen LogP contribution in [-0.2, 0) is 16.2 Å². The molecule has 0 saturated carbocycles.